The zero-order chi connectivity index (χ0) is 10.5. The van der Waals surface area contributed by atoms with Gasteiger partial charge in [0.05, 0.1) is 10.4 Å². The zero-order valence-electron chi connectivity index (χ0n) is 8.03. The van der Waals surface area contributed by atoms with E-state index in [2.05, 4.69) is 17.8 Å². The van der Waals surface area contributed by atoms with Crippen LogP contribution in [0.5, 0.6) is 0 Å². The fourth-order valence-corrected chi connectivity index (χ4v) is 1.87. The van der Waals surface area contributed by atoms with Crippen LogP contribution in [0.3, 0.4) is 0 Å². The van der Waals surface area contributed by atoms with E-state index >= 15 is 0 Å². The molecule has 1 aromatic carbocycles. The summed E-state index contributed by atoms with van der Waals surface area (Å²) in [5.74, 6) is 8.79. The van der Waals surface area contributed by atoms with Crippen molar-refractivity contribution < 1.29 is 0 Å². The van der Waals surface area contributed by atoms with Gasteiger partial charge in [-0.15, -0.1) is 17.8 Å². The van der Waals surface area contributed by atoms with Gasteiger partial charge in [-0.05, 0) is 29.5 Å². The summed E-state index contributed by atoms with van der Waals surface area (Å²) < 4.78 is 0. The van der Waals surface area contributed by atoms with Gasteiger partial charge < -0.3 is 0 Å². The lowest BCUT2D eigenvalue weighted by atomic mass is 10.2. The van der Waals surface area contributed by atoms with Crippen molar-refractivity contribution in [1.82, 2.24) is 0 Å². The molecule has 0 spiro atoms. The highest BCUT2D eigenvalue weighted by atomic mass is 32.1. The number of hydrogen-bond acceptors (Lipinski definition) is 1. The molecule has 0 aliphatic heterocycles. The lowest BCUT2D eigenvalue weighted by molar-refractivity contribution is 1.65. The first kappa shape index (κ1) is 9.59. The van der Waals surface area contributed by atoms with Crippen LogP contribution in [0.2, 0.25) is 0 Å². The number of terminal acetylenes is 1. The van der Waals surface area contributed by atoms with Gasteiger partial charge in [0.1, 0.15) is 0 Å². The smallest absolute Gasteiger partial charge is 0.0928 e. The van der Waals surface area contributed by atoms with E-state index in [4.69, 9.17) is 6.42 Å². The second-order valence-corrected chi connectivity index (χ2v) is 3.84. The summed E-state index contributed by atoms with van der Waals surface area (Å²) >= 11 is 1.58. The van der Waals surface area contributed by atoms with E-state index in [0.29, 0.717) is 0 Å². The predicted octanol–water partition coefficient (Wildman–Crippen LogP) is 3.13. The number of rotatable bonds is 0. The summed E-state index contributed by atoms with van der Waals surface area (Å²) in [5, 5.41) is 1.96. The van der Waals surface area contributed by atoms with Crippen molar-refractivity contribution in [3.05, 3.63) is 57.8 Å². The quantitative estimate of drug-likeness (QED) is 0.583. The highest BCUT2D eigenvalue weighted by molar-refractivity contribution is 7.10. The van der Waals surface area contributed by atoms with Crippen LogP contribution in [-0.2, 0) is 0 Å². The van der Waals surface area contributed by atoms with Crippen molar-refractivity contribution in [3.8, 4) is 24.2 Å². The number of benzene rings is 1. The van der Waals surface area contributed by atoms with E-state index in [1.807, 2.05) is 41.8 Å². The maximum atomic E-state index is 5.35. The van der Waals surface area contributed by atoms with Crippen molar-refractivity contribution in [2.24, 2.45) is 0 Å². The summed E-state index contributed by atoms with van der Waals surface area (Å²) in [7, 11) is 0. The van der Waals surface area contributed by atoms with Crippen LogP contribution in [0.4, 0.5) is 0 Å². The Morgan fingerprint density at radius 2 is 1.80 bits per heavy atom. The molecule has 0 bridgehead atoms. The summed E-state index contributed by atoms with van der Waals surface area (Å²) in [6, 6.07) is 11.8. The average Bonchev–Trinajstić information content (AvgIpc) is 2.75. The van der Waals surface area contributed by atoms with E-state index < -0.39 is 0 Å². The molecule has 0 fully saturated rings. The monoisotopic (exact) mass is 208 g/mol. The zero-order valence-corrected chi connectivity index (χ0v) is 8.84. The van der Waals surface area contributed by atoms with E-state index in [-0.39, 0.29) is 0 Å². The Bertz CT molecular complexity index is 544. The third-order valence-electron chi connectivity index (χ3n) is 1.91. The Kier molecular flexibility index (Phi) is 2.88. The van der Waals surface area contributed by atoms with Gasteiger partial charge in [0.25, 0.3) is 0 Å². The third kappa shape index (κ3) is 2.29. The second-order valence-electron chi connectivity index (χ2n) is 2.92. The van der Waals surface area contributed by atoms with Crippen molar-refractivity contribution >= 4 is 11.3 Å². The normalized spacial score (nSPS) is 8.73. The minimum absolute atomic E-state index is 0.878. The molecule has 70 valence electrons. The average molecular weight is 208 g/mol. The number of hydrogen-bond donors (Lipinski definition) is 0. The Hall–Kier alpha value is -1.96. The summed E-state index contributed by atoms with van der Waals surface area (Å²) in [6.45, 7) is 0. The molecule has 0 nitrogen and oxygen atoms in total. The van der Waals surface area contributed by atoms with Gasteiger partial charge >= 0.3 is 0 Å². The molecule has 0 radical (unpaired) electrons. The largest absolute Gasteiger partial charge is 0.134 e. The fraction of sp³-hybridized carbons (Fsp3) is 0. The van der Waals surface area contributed by atoms with Crippen molar-refractivity contribution in [1.29, 1.82) is 0 Å². The Balaban J connectivity index is 2.31. The summed E-state index contributed by atoms with van der Waals surface area (Å²) in [5.41, 5.74) is 1.89. The fourth-order valence-electron chi connectivity index (χ4n) is 1.17. The molecule has 2 rings (SSSR count). The molecule has 0 atom stereocenters. The van der Waals surface area contributed by atoms with E-state index in [9.17, 15) is 0 Å². The van der Waals surface area contributed by atoms with Crippen molar-refractivity contribution in [2.45, 2.75) is 0 Å². The van der Waals surface area contributed by atoms with Gasteiger partial charge in [-0.1, -0.05) is 30.0 Å². The number of thiophene rings is 1. The molecule has 1 aromatic heterocycles. The first-order valence-electron chi connectivity index (χ1n) is 4.51. The molecule has 0 aliphatic carbocycles. The highest BCUT2D eigenvalue weighted by Gasteiger charge is 1.96. The minimum atomic E-state index is 0.878. The molecule has 1 heteroatoms. The molecule has 0 saturated carbocycles. The molecular weight excluding hydrogens is 200 g/mol. The van der Waals surface area contributed by atoms with Gasteiger partial charge in [0.15, 0.2) is 0 Å². The van der Waals surface area contributed by atoms with Gasteiger partial charge in [0.2, 0.25) is 0 Å². The maximum Gasteiger partial charge on any atom is 0.0928 e. The first-order valence-corrected chi connectivity index (χ1v) is 5.39. The summed E-state index contributed by atoms with van der Waals surface area (Å²) in [4.78, 5) is 0.960. The minimum Gasteiger partial charge on any atom is -0.134 e. The lowest BCUT2D eigenvalue weighted by Gasteiger charge is -1.87. The SMILES string of the molecule is C#Cc1ccsc1C#Cc1ccccc1. The van der Waals surface area contributed by atoms with Crippen LogP contribution in [0.25, 0.3) is 0 Å². The molecule has 0 N–H and O–H groups in total. The van der Waals surface area contributed by atoms with Gasteiger partial charge in [-0.25, -0.2) is 0 Å². The van der Waals surface area contributed by atoms with Crippen LogP contribution in [0.1, 0.15) is 16.0 Å². The van der Waals surface area contributed by atoms with E-state index in [1.165, 1.54) is 0 Å². The Morgan fingerprint density at radius 3 is 2.53 bits per heavy atom. The molecule has 15 heavy (non-hydrogen) atoms. The first-order chi connectivity index (χ1) is 7.40. The molecule has 0 unspecified atom stereocenters. The van der Waals surface area contributed by atoms with Crippen LogP contribution >= 0.6 is 11.3 Å². The van der Waals surface area contributed by atoms with E-state index in [1.54, 1.807) is 11.3 Å². The van der Waals surface area contributed by atoms with Crippen LogP contribution < -0.4 is 0 Å². The van der Waals surface area contributed by atoms with Gasteiger partial charge in [0, 0.05) is 5.56 Å². The lowest BCUT2D eigenvalue weighted by Crippen LogP contribution is -1.74. The van der Waals surface area contributed by atoms with Crippen molar-refractivity contribution in [3.63, 3.8) is 0 Å². The third-order valence-corrected chi connectivity index (χ3v) is 2.74. The second kappa shape index (κ2) is 4.51. The molecule has 1 heterocycles. The molecule has 0 aliphatic rings. The Labute approximate surface area is 93.6 Å². The molecular formula is C14H8S. The van der Waals surface area contributed by atoms with E-state index in [0.717, 1.165) is 16.0 Å². The van der Waals surface area contributed by atoms with Gasteiger partial charge in [-0.3, -0.25) is 0 Å². The predicted molar refractivity (Wildman–Crippen MR) is 64.7 cm³/mol. The highest BCUT2D eigenvalue weighted by Crippen LogP contribution is 2.14. The summed E-state index contributed by atoms with van der Waals surface area (Å²) in [6.07, 6.45) is 5.35. The van der Waals surface area contributed by atoms with Crippen molar-refractivity contribution in [2.75, 3.05) is 0 Å². The van der Waals surface area contributed by atoms with Crippen LogP contribution in [0.15, 0.2) is 41.8 Å². The van der Waals surface area contributed by atoms with Gasteiger partial charge in [-0.2, -0.15) is 0 Å². The van der Waals surface area contributed by atoms with Crippen LogP contribution in [-0.4, -0.2) is 0 Å². The molecule has 0 amide bonds. The topological polar surface area (TPSA) is 0 Å². The molecule has 2 aromatic rings. The van der Waals surface area contributed by atoms with Crippen LogP contribution in [0, 0.1) is 24.2 Å². The Morgan fingerprint density at radius 1 is 1.00 bits per heavy atom. The standard InChI is InChI=1S/C14H8S/c1-2-13-10-11-15-14(13)9-8-12-6-4-3-5-7-12/h1,3-7,10-11H. The molecule has 0 saturated heterocycles. The maximum absolute atomic E-state index is 5.35.